The summed E-state index contributed by atoms with van der Waals surface area (Å²) < 4.78 is 45.1. The molecule has 1 aliphatic heterocycles. The normalized spacial score (nSPS) is 15.4. The molecule has 0 spiro atoms. The zero-order valence-electron chi connectivity index (χ0n) is 26.3. The quantitative estimate of drug-likeness (QED) is 0.207. The standard InChI is InChI=1S/C32H45BF3N5O4/c1-31(2)24-20-22(6-11-25(24)33(3)45-31)8-14-28(42)27(13-7-21-4-9-23(10-5-21)32(34,35)36)40-30(44)26(39)12-15-29(43)41(18-16-37)19-17-38/h4-6,9-11,20,26-27H,7-8,12-19,37-39H2,1-3H3,(H,40,44)/t26-,27+/m0/s1. The van der Waals surface area contributed by atoms with Crippen LogP contribution in [-0.2, 0) is 43.7 Å². The van der Waals surface area contributed by atoms with Crippen LogP contribution in [-0.4, -0.2) is 67.7 Å². The Balaban J connectivity index is 1.68. The predicted octanol–water partition coefficient (Wildman–Crippen LogP) is 2.27. The lowest BCUT2D eigenvalue weighted by molar-refractivity contribution is -0.137. The second-order valence-corrected chi connectivity index (χ2v) is 12.1. The molecule has 7 N–H and O–H groups in total. The van der Waals surface area contributed by atoms with Crippen molar-refractivity contribution in [3.05, 3.63) is 64.7 Å². The summed E-state index contributed by atoms with van der Waals surface area (Å²) in [5.41, 5.74) is 19.8. The number of rotatable bonds is 16. The number of nitrogens with two attached hydrogens (primary N) is 3. The molecular formula is C32H45BF3N5O4. The number of nitrogens with zero attached hydrogens (tertiary/aromatic N) is 1. The fraction of sp³-hybridized carbons (Fsp3) is 0.531. The Labute approximate surface area is 263 Å². The van der Waals surface area contributed by atoms with Crippen LogP contribution < -0.4 is 28.0 Å². The highest BCUT2D eigenvalue weighted by Crippen LogP contribution is 2.31. The number of aryl methyl sites for hydroxylation is 2. The largest absolute Gasteiger partial charge is 0.422 e. The highest BCUT2D eigenvalue weighted by molar-refractivity contribution is 6.67. The lowest BCUT2D eigenvalue weighted by atomic mass is 9.64. The van der Waals surface area contributed by atoms with Crippen molar-refractivity contribution in [3.63, 3.8) is 0 Å². The van der Waals surface area contributed by atoms with Crippen LogP contribution in [0.5, 0.6) is 0 Å². The maximum atomic E-state index is 13.5. The first-order valence-corrected chi connectivity index (χ1v) is 15.4. The van der Waals surface area contributed by atoms with Crippen molar-refractivity contribution in [1.82, 2.24) is 10.2 Å². The molecule has 2 aromatic carbocycles. The third kappa shape index (κ3) is 10.1. The third-order valence-corrected chi connectivity index (χ3v) is 8.20. The molecule has 0 fully saturated rings. The Morgan fingerprint density at radius 2 is 1.58 bits per heavy atom. The zero-order valence-corrected chi connectivity index (χ0v) is 26.3. The number of carbonyl (C=O) groups is 3. The summed E-state index contributed by atoms with van der Waals surface area (Å²) in [5.74, 6) is -1.02. The van der Waals surface area contributed by atoms with Gasteiger partial charge in [-0.3, -0.25) is 14.4 Å². The number of Topliss-reactive ketones (excluding diaryl/α,β-unsaturated/α-hetero) is 1. The minimum Gasteiger partial charge on any atom is -0.422 e. The van der Waals surface area contributed by atoms with E-state index in [0.717, 1.165) is 28.7 Å². The number of halogens is 3. The lowest BCUT2D eigenvalue weighted by Gasteiger charge is -2.23. The van der Waals surface area contributed by atoms with E-state index in [2.05, 4.69) is 5.32 Å². The van der Waals surface area contributed by atoms with Gasteiger partial charge in [0.15, 0.2) is 5.78 Å². The van der Waals surface area contributed by atoms with Gasteiger partial charge in [-0.1, -0.05) is 37.2 Å². The first kappa shape index (κ1) is 36.2. The van der Waals surface area contributed by atoms with Gasteiger partial charge in [-0.15, -0.1) is 0 Å². The van der Waals surface area contributed by atoms with Crippen molar-refractivity contribution in [3.8, 4) is 0 Å². The average Bonchev–Trinajstić information content (AvgIpc) is 3.22. The first-order valence-electron chi connectivity index (χ1n) is 15.4. The molecule has 0 saturated carbocycles. The summed E-state index contributed by atoms with van der Waals surface area (Å²) in [5, 5.41) is 2.74. The molecule has 13 heteroatoms. The van der Waals surface area contributed by atoms with E-state index < -0.39 is 35.3 Å². The predicted molar refractivity (Wildman–Crippen MR) is 169 cm³/mol. The summed E-state index contributed by atoms with van der Waals surface area (Å²) in [4.78, 5) is 40.6. The average molecular weight is 632 g/mol. The number of nitrogens with one attached hydrogen (secondary N) is 1. The highest BCUT2D eigenvalue weighted by Gasteiger charge is 2.37. The molecule has 0 aliphatic carbocycles. The number of carbonyl (C=O) groups excluding carboxylic acids is 3. The lowest BCUT2D eigenvalue weighted by Crippen LogP contribution is -2.49. The van der Waals surface area contributed by atoms with E-state index in [9.17, 15) is 27.6 Å². The van der Waals surface area contributed by atoms with Crippen molar-refractivity contribution < 1.29 is 32.2 Å². The van der Waals surface area contributed by atoms with Gasteiger partial charge in [-0.2, -0.15) is 13.2 Å². The minimum atomic E-state index is -4.45. The monoisotopic (exact) mass is 631 g/mol. The van der Waals surface area contributed by atoms with Crippen LogP contribution in [0.1, 0.15) is 61.8 Å². The van der Waals surface area contributed by atoms with Gasteiger partial charge in [0.25, 0.3) is 0 Å². The SMILES string of the molecule is CB1OC(C)(C)c2cc(CCC(=O)[C@@H](CCc3ccc(C(F)(F)F)cc3)NC(=O)[C@@H](N)CCC(=O)N(CCN)CCN)ccc21. The van der Waals surface area contributed by atoms with E-state index in [1.165, 1.54) is 17.0 Å². The van der Waals surface area contributed by atoms with E-state index in [1.54, 1.807) is 0 Å². The maximum absolute atomic E-state index is 13.5. The molecule has 0 saturated heterocycles. The summed E-state index contributed by atoms with van der Waals surface area (Å²) in [6.45, 7) is 7.20. The third-order valence-electron chi connectivity index (χ3n) is 8.20. The number of amides is 2. The van der Waals surface area contributed by atoms with Crippen LogP contribution in [0.4, 0.5) is 13.2 Å². The second-order valence-electron chi connectivity index (χ2n) is 12.1. The molecule has 3 rings (SSSR count). The van der Waals surface area contributed by atoms with Crippen molar-refractivity contribution in [1.29, 1.82) is 0 Å². The van der Waals surface area contributed by atoms with Crippen molar-refractivity contribution >= 4 is 30.0 Å². The molecule has 2 atom stereocenters. The number of fused-ring (bicyclic) bond motifs is 1. The molecule has 2 aromatic rings. The Morgan fingerprint density at radius 3 is 2.18 bits per heavy atom. The first-order chi connectivity index (χ1) is 21.2. The van der Waals surface area contributed by atoms with Crippen LogP contribution in [0.25, 0.3) is 0 Å². The second kappa shape index (κ2) is 15.8. The molecule has 0 aromatic heterocycles. The van der Waals surface area contributed by atoms with Gasteiger partial charge in [0.1, 0.15) is 0 Å². The summed E-state index contributed by atoms with van der Waals surface area (Å²) in [6, 6.07) is 8.80. The van der Waals surface area contributed by atoms with Gasteiger partial charge < -0.3 is 32.1 Å². The molecule has 0 unspecified atom stereocenters. The Morgan fingerprint density at radius 1 is 0.956 bits per heavy atom. The molecular weight excluding hydrogens is 586 g/mol. The molecule has 1 aliphatic rings. The number of ketones is 1. The van der Waals surface area contributed by atoms with Gasteiger partial charge in [-0.05, 0) is 73.8 Å². The van der Waals surface area contributed by atoms with Crippen molar-refractivity contribution in [2.45, 2.75) is 83.1 Å². The maximum Gasteiger partial charge on any atom is 0.416 e. The Hall–Kier alpha value is -3.26. The summed E-state index contributed by atoms with van der Waals surface area (Å²) >= 11 is 0. The molecule has 0 bridgehead atoms. The summed E-state index contributed by atoms with van der Waals surface area (Å²) in [7, 11) is 0. The zero-order chi connectivity index (χ0) is 33.4. The van der Waals surface area contributed by atoms with Gasteiger partial charge >= 0.3 is 13.1 Å². The van der Waals surface area contributed by atoms with Crippen molar-refractivity contribution in [2.75, 3.05) is 26.2 Å². The van der Waals surface area contributed by atoms with Crippen LogP contribution in [0.2, 0.25) is 6.82 Å². The van der Waals surface area contributed by atoms with Gasteiger partial charge in [-0.25, -0.2) is 0 Å². The number of hydrogen-bond donors (Lipinski definition) is 4. The molecule has 45 heavy (non-hydrogen) atoms. The molecule has 1 heterocycles. The molecule has 2 amide bonds. The fourth-order valence-electron chi connectivity index (χ4n) is 5.65. The topological polar surface area (TPSA) is 154 Å². The van der Waals surface area contributed by atoms with E-state index in [4.69, 9.17) is 21.9 Å². The molecule has 0 radical (unpaired) electrons. The van der Waals surface area contributed by atoms with Crippen LogP contribution in [0.3, 0.4) is 0 Å². The van der Waals surface area contributed by atoms with Crippen LogP contribution >= 0.6 is 0 Å². The Bertz CT molecular complexity index is 1320. The van der Waals surface area contributed by atoms with Gasteiger partial charge in [0.05, 0.1) is 23.2 Å². The van der Waals surface area contributed by atoms with E-state index in [1.807, 2.05) is 38.9 Å². The van der Waals surface area contributed by atoms with Crippen molar-refractivity contribution in [2.24, 2.45) is 17.2 Å². The van der Waals surface area contributed by atoms with Crippen LogP contribution in [0.15, 0.2) is 42.5 Å². The molecule has 246 valence electrons. The van der Waals surface area contributed by atoms with Gasteiger partial charge in [0, 0.05) is 39.0 Å². The number of alkyl halides is 3. The fourth-order valence-corrected chi connectivity index (χ4v) is 5.65. The number of benzene rings is 2. The van der Waals surface area contributed by atoms with E-state index in [-0.39, 0.29) is 63.8 Å². The van der Waals surface area contributed by atoms with E-state index in [0.29, 0.717) is 25.1 Å². The minimum absolute atomic E-state index is 0.00968. The molecule has 9 nitrogen and oxygen atoms in total. The van der Waals surface area contributed by atoms with E-state index >= 15 is 0 Å². The van der Waals surface area contributed by atoms with Crippen LogP contribution in [0, 0.1) is 0 Å². The smallest absolute Gasteiger partial charge is 0.416 e. The van der Waals surface area contributed by atoms with Gasteiger partial charge in [0.2, 0.25) is 11.8 Å². The Kier molecular flexibility index (Phi) is 12.7. The summed E-state index contributed by atoms with van der Waals surface area (Å²) in [6.07, 6.45) is -3.39. The number of hydrogen-bond acceptors (Lipinski definition) is 7. The highest BCUT2D eigenvalue weighted by atomic mass is 19.4.